The van der Waals surface area contributed by atoms with E-state index in [1.807, 2.05) is 49.4 Å². The summed E-state index contributed by atoms with van der Waals surface area (Å²) < 4.78 is 13.5. The number of halogens is 1. The first-order valence-electron chi connectivity index (χ1n) is 8.48. The van der Waals surface area contributed by atoms with Gasteiger partial charge in [0.15, 0.2) is 0 Å². The minimum absolute atomic E-state index is 0.0756. The number of rotatable bonds is 3. The van der Waals surface area contributed by atoms with Crippen molar-refractivity contribution < 1.29 is 9.85 Å². The summed E-state index contributed by atoms with van der Waals surface area (Å²) in [6.45, 7) is 2.01. The Morgan fingerprint density at radius 2 is 1.80 bits per heavy atom. The normalized spacial score (nSPS) is 19.5. The Morgan fingerprint density at radius 1 is 1.04 bits per heavy atom. The summed E-state index contributed by atoms with van der Waals surface area (Å²) in [7, 11) is 0. The average Bonchev–Trinajstić information content (AvgIpc) is 2.68. The lowest BCUT2D eigenvalue weighted by Gasteiger charge is -2.34. The highest BCUT2D eigenvalue weighted by Crippen LogP contribution is 2.55. The molecule has 0 aliphatic carbocycles. The van der Waals surface area contributed by atoms with Crippen molar-refractivity contribution in [2.24, 2.45) is 0 Å². The van der Waals surface area contributed by atoms with Crippen molar-refractivity contribution in [1.29, 1.82) is 1.43 Å². The van der Waals surface area contributed by atoms with Crippen LogP contribution < -0.4 is 4.74 Å². The van der Waals surface area contributed by atoms with Crippen LogP contribution in [0.3, 0.4) is 0 Å². The van der Waals surface area contributed by atoms with Gasteiger partial charge in [-0.1, -0.05) is 54.1 Å². The Balaban J connectivity index is 1.80. The molecule has 1 N–H and O–H groups in total. The summed E-state index contributed by atoms with van der Waals surface area (Å²) in [4.78, 5) is 0.980. The number of phenolic OH excluding ortho intramolecular Hbond substituents is 1. The molecule has 4 heteroatoms. The topological polar surface area (TPSA) is 29.5 Å². The van der Waals surface area contributed by atoms with Gasteiger partial charge in [0, 0.05) is 0 Å². The summed E-state index contributed by atoms with van der Waals surface area (Å²) in [5.41, 5.74) is 3.30. The first-order chi connectivity index (χ1) is 12.7. The predicted octanol–water partition coefficient (Wildman–Crippen LogP) is 6.32. The van der Waals surface area contributed by atoms with Gasteiger partial charge in [0.25, 0.3) is 1.43 Å². The molecule has 4 rings (SSSR count). The standard InChI is InChI=1S/C21H17ClO2S/c1-13-11-17(22)21-18(12-13)24-19(14-7-9-16(23)10-8-14)20(25-21)15-5-3-2-4-6-15/h2-12,19-20,23H,1H3/t19-,20+/m1/s1/i/hT. The van der Waals surface area contributed by atoms with Gasteiger partial charge in [-0.25, -0.2) is 0 Å². The Labute approximate surface area is 157 Å². The van der Waals surface area contributed by atoms with E-state index in [4.69, 9.17) is 17.8 Å². The van der Waals surface area contributed by atoms with Gasteiger partial charge in [-0.15, -0.1) is 11.8 Å². The molecule has 0 bridgehead atoms. The molecule has 3 aromatic rings. The lowest BCUT2D eigenvalue weighted by atomic mass is 10.00. The second-order valence-corrected chi connectivity index (χ2v) is 7.69. The second-order valence-electron chi connectivity index (χ2n) is 6.13. The SMILES string of the molecule is [3H]Oc1ccc([C@H]2Oc3cc(C)cc(Cl)c3S[C@H]2c2ccccc2)cc1. The van der Waals surface area contributed by atoms with E-state index >= 15 is 0 Å². The monoisotopic (exact) mass is 370 g/mol. The molecular weight excluding hydrogens is 352 g/mol. The fourth-order valence-corrected chi connectivity index (χ4v) is 4.75. The van der Waals surface area contributed by atoms with Crippen LogP contribution in [0.1, 0.15) is 28.0 Å². The lowest BCUT2D eigenvalue weighted by Crippen LogP contribution is -2.19. The third kappa shape index (κ3) is 3.22. The van der Waals surface area contributed by atoms with E-state index in [9.17, 15) is 0 Å². The summed E-state index contributed by atoms with van der Waals surface area (Å²) >= 11 is 8.23. The minimum atomic E-state index is -0.160. The van der Waals surface area contributed by atoms with E-state index in [0.29, 0.717) is 5.75 Å². The largest absolute Gasteiger partial charge is 0.508 e. The van der Waals surface area contributed by atoms with Crippen molar-refractivity contribution in [2.75, 3.05) is 0 Å². The van der Waals surface area contributed by atoms with Gasteiger partial charge >= 0.3 is 0 Å². The number of benzene rings is 3. The fourth-order valence-electron chi connectivity index (χ4n) is 3.07. The molecule has 0 saturated carbocycles. The maximum Gasteiger partial charge on any atom is 0.293 e. The van der Waals surface area contributed by atoms with Crippen molar-refractivity contribution in [3.63, 3.8) is 0 Å². The van der Waals surface area contributed by atoms with Crippen LogP contribution in [0.2, 0.25) is 5.02 Å². The first-order valence-corrected chi connectivity index (χ1v) is 9.33. The Bertz CT molecular complexity index is 915. The first kappa shape index (κ1) is 15.2. The molecule has 0 amide bonds. The van der Waals surface area contributed by atoms with Crippen LogP contribution >= 0.6 is 23.4 Å². The quantitative estimate of drug-likeness (QED) is 0.584. The Kier molecular flexibility index (Phi) is 4.04. The van der Waals surface area contributed by atoms with E-state index < -0.39 is 0 Å². The van der Waals surface area contributed by atoms with Gasteiger partial charge in [-0.3, -0.25) is 0 Å². The van der Waals surface area contributed by atoms with Crippen LogP contribution in [0.25, 0.3) is 0 Å². The molecule has 1 aliphatic heterocycles. The molecule has 0 saturated heterocycles. The van der Waals surface area contributed by atoms with E-state index in [2.05, 4.69) is 17.2 Å². The summed E-state index contributed by atoms with van der Waals surface area (Å²) in [6.07, 6.45) is -0.160. The van der Waals surface area contributed by atoms with Crippen LogP contribution in [0.5, 0.6) is 11.5 Å². The molecule has 0 unspecified atom stereocenters. The van der Waals surface area contributed by atoms with Crippen molar-refractivity contribution in [1.82, 2.24) is 0 Å². The third-order valence-corrected chi connectivity index (χ3v) is 6.10. The molecule has 25 heavy (non-hydrogen) atoms. The van der Waals surface area contributed by atoms with E-state index in [0.717, 1.165) is 26.8 Å². The maximum atomic E-state index is 7.03. The van der Waals surface area contributed by atoms with Gasteiger partial charge in [-0.2, -0.15) is 0 Å². The summed E-state index contributed by atoms with van der Waals surface area (Å²) in [6, 6.07) is 21.8. The zero-order valence-electron chi connectivity index (χ0n) is 14.6. The number of hydrogen-bond acceptors (Lipinski definition) is 3. The molecule has 1 heterocycles. The molecule has 0 aromatic heterocycles. The molecule has 3 aromatic carbocycles. The number of fused-ring (bicyclic) bond motifs is 1. The molecule has 0 fully saturated rings. The van der Waals surface area contributed by atoms with Crippen LogP contribution in [0, 0.1) is 6.92 Å². The maximum absolute atomic E-state index is 7.03. The highest BCUT2D eigenvalue weighted by atomic mass is 35.5. The summed E-state index contributed by atoms with van der Waals surface area (Å²) in [5, 5.41) is 5.34. The van der Waals surface area contributed by atoms with Crippen molar-refractivity contribution in [3.05, 3.63) is 88.4 Å². The van der Waals surface area contributed by atoms with Crippen molar-refractivity contribution >= 4 is 23.4 Å². The highest BCUT2D eigenvalue weighted by Gasteiger charge is 2.34. The van der Waals surface area contributed by atoms with Gasteiger partial charge in [0.05, 0.1) is 15.2 Å². The molecule has 126 valence electrons. The van der Waals surface area contributed by atoms with Crippen molar-refractivity contribution in [2.45, 2.75) is 23.2 Å². The number of aryl methyl sites for hydroxylation is 1. The van der Waals surface area contributed by atoms with Gasteiger partial charge in [0.1, 0.15) is 17.6 Å². The number of aromatic hydroxyl groups is 1. The van der Waals surface area contributed by atoms with Crippen molar-refractivity contribution in [3.8, 4) is 11.5 Å². The average molecular weight is 371 g/mol. The third-order valence-electron chi connectivity index (χ3n) is 4.26. The van der Waals surface area contributed by atoms with E-state index in [-0.39, 0.29) is 11.4 Å². The van der Waals surface area contributed by atoms with Gasteiger partial charge < -0.3 is 9.85 Å². The minimum Gasteiger partial charge on any atom is -0.508 e. The number of phenols is 1. The van der Waals surface area contributed by atoms with E-state index in [1.54, 1.807) is 23.9 Å². The smallest absolute Gasteiger partial charge is 0.293 e. The number of ether oxygens (including phenoxy) is 1. The predicted molar refractivity (Wildman–Crippen MR) is 103 cm³/mol. The van der Waals surface area contributed by atoms with Crippen LogP contribution in [-0.4, -0.2) is 6.54 Å². The van der Waals surface area contributed by atoms with Crippen LogP contribution in [0.15, 0.2) is 71.6 Å². The van der Waals surface area contributed by atoms with E-state index in [1.165, 1.54) is 5.56 Å². The lowest BCUT2D eigenvalue weighted by molar-refractivity contribution is 0.191. The zero-order chi connectivity index (χ0) is 18.1. The Morgan fingerprint density at radius 3 is 2.52 bits per heavy atom. The Hall–Kier alpha value is -2.10. The van der Waals surface area contributed by atoms with Gasteiger partial charge in [0.2, 0.25) is 0 Å². The van der Waals surface area contributed by atoms with Crippen LogP contribution in [-0.2, 0) is 0 Å². The number of hydrogen-bond donors (Lipinski definition) is 1. The van der Waals surface area contributed by atoms with Crippen LogP contribution in [0.4, 0.5) is 0 Å². The fraction of sp³-hybridized carbons (Fsp3) is 0.143. The second kappa shape index (κ2) is 6.66. The molecular formula is C21H17ClO2S. The van der Waals surface area contributed by atoms with Gasteiger partial charge in [-0.05, 0) is 47.9 Å². The molecule has 1 aliphatic rings. The molecule has 0 spiro atoms. The number of thioether (sulfide) groups is 1. The highest BCUT2D eigenvalue weighted by molar-refractivity contribution is 7.99. The molecule has 2 atom stereocenters. The molecule has 0 radical (unpaired) electrons. The zero-order valence-corrected chi connectivity index (χ0v) is 15.2. The molecule has 2 nitrogen and oxygen atoms in total. The summed E-state index contributed by atoms with van der Waals surface area (Å²) in [5.74, 6) is 1.32.